The van der Waals surface area contributed by atoms with Crippen molar-refractivity contribution < 1.29 is 4.65 Å². The molecule has 0 spiro atoms. The first-order chi connectivity index (χ1) is 9.92. The van der Waals surface area contributed by atoms with Crippen LogP contribution in [0.2, 0.25) is 0 Å². The van der Waals surface area contributed by atoms with Crippen LogP contribution in [0.3, 0.4) is 0 Å². The maximum atomic E-state index is 9.55. The second kappa shape index (κ2) is 5.74. The first-order valence-electron chi connectivity index (χ1n) is 6.37. The maximum Gasteiger partial charge on any atom is 0.374 e. The minimum Gasteiger partial charge on any atom is -0.565 e. The Balaban J connectivity index is 2.73. The molecule has 106 valence electrons. The van der Waals surface area contributed by atoms with E-state index in [9.17, 15) is 5.26 Å². The molecule has 2 rings (SSSR count). The third-order valence-corrected chi connectivity index (χ3v) is 4.55. The van der Waals surface area contributed by atoms with E-state index in [0.29, 0.717) is 17.0 Å². The van der Waals surface area contributed by atoms with E-state index in [1.807, 2.05) is 34.7 Å². The van der Waals surface area contributed by atoms with E-state index in [4.69, 9.17) is 12.7 Å². The largest absolute Gasteiger partial charge is 0.565 e. The smallest absolute Gasteiger partial charge is 0.374 e. The molecule has 0 unspecified atom stereocenters. The van der Waals surface area contributed by atoms with Gasteiger partial charge in [0.2, 0.25) is 0 Å². The molecular formula is C14H15BN4OS. The molecule has 2 aromatic heterocycles. The number of nitrogens with zero attached hydrogens (tertiary/aromatic N) is 4. The molecule has 2 heterocycles. The lowest BCUT2D eigenvalue weighted by Gasteiger charge is -2.08. The minimum absolute atomic E-state index is 0.264. The lowest BCUT2D eigenvalue weighted by molar-refractivity contribution is 0.571. The van der Waals surface area contributed by atoms with Gasteiger partial charge in [0, 0.05) is 17.6 Å². The number of nitriles is 1. The molecule has 0 fully saturated rings. The van der Waals surface area contributed by atoms with Crippen molar-refractivity contribution in [1.82, 2.24) is 14.2 Å². The van der Waals surface area contributed by atoms with Crippen LogP contribution in [0.15, 0.2) is 0 Å². The van der Waals surface area contributed by atoms with Gasteiger partial charge < -0.3 is 4.65 Å². The number of hydrogen-bond acceptors (Lipinski definition) is 5. The number of aromatic nitrogens is 3. The van der Waals surface area contributed by atoms with Gasteiger partial charge in [0.25, 0.3) is 0 Å². The highest BCUT2D eigenvalue weighted by Crippen LogP contribution is 2.31. The standard InChI is InChI=1S/C14H15BN4OS/c1-7-9(3)19(5)17-12(7)11(6-16)14(20-15)13-8(2)10(4)21-18-13/h1-5H3. The van der Waals surface area contributed by atoms with Gasteiger partial charge in [0.15, 0.2) is 0 Å². The van der Waals surface area contributed by atoms with Gasteiger partial charge in [0.1, 0.15) is 28.8 Å². The fourth-order valence-corrected chi connectivity index (χ4v) is 2.71. The van der Waals surface area contributed by atoms with E-state index in [2.05, 4.69) is 15.5 Å². The molecule has 5 nitrogen and oxygen atoms in total. The van der Waals surface area contributed by atoms with E-state index in [1.54, 1.807) is 4.68 Å². The maximum absolute atomic E-state index is 9.55. The van der Waals surface area contributed by atoms with Crippen LogP contribution in [-0.2, 0) is 11.7 Å². The molecule has 0 atom stereocenters. The van der Waals surface area contributed by atoms with Gasteiger partial charge >= 0.3 is 8.05 Å². The Hall–Kier alpha value is -2.07. The number of allylic oxidation sites excluding steroid dienone is 1. The van der Waals surface area contributed by atoms with E-state index in [0.717, 1.165) is 21.7 Å². The minimum atomic E-state index is 0.264. The molecule has 0 amide bonds. The summed E-state index contributed by atoms with van der Waals surface area (Å²) in [5.74, 6) is 0.264. The first-order valence-corrected chi connectivity index (χ1v) is 7.14. The van der Waals surface area contributed by atoms with Crippen LogP contribution >= 0.6 is 11.5 Å². The molecule has 0 saturated heterocycles. The average Bonchev–Trinajstić information content (AvgIpc) is 2.92. The Morgan fingerprint density at radius 2 is 1.90 bits per heavy atom. The van der Waals surface area contributed by atoms with Crippen LogP contribution in [0.4, 0.5) is 0 Å². The van der Waals surface area contributed by atoms with Crippen molar-refractivity contribution in [2.24, 2.45) is 7.05 Å². The molecule has 0 aliphatic heterocycles. The van der Waals surface area contributed by atoms with Gasteiger partial charge in [-0.05, 0) is 50.4 Å². The number of rotatable bonds is 3. The van der Waals surface area contributed by atoms with Crippen LogP contribution in [0, 0.1) is 39.0 Å². The summed E-state index contributed by atoms with van der Waals surface area (Å²) in [6.07, 6.45) is 0. The van der Waals surface area contributed by atoms with Crippen molar-refractivity contribution in [2.45, 2.75) is 27.7 Å². The zero-order valence-electron chi connectivity index (χ0n) is 12.7. The monoisotopic (exact) mass is 298 g/mol. The predicted octanol–water partition coefficient (Wildman–Crippen LogP) is 2.60. The van der Waals surface area contributed by atoms with E-state index < -0.39 is 0 Å². The molecule has 0 aliphatic rings. The van der Waals surface area contributed by atoms with Crippen LogP contribution in [0.5, 0.6) is 0 Å². The van der Waals surface area contributed by atoms with Crippen molar-refractivity contribution in [3.8, 4) is 6.07 Å². The van der Waals surface area contributed by atoms with Crippen LogP contribution in [-0.4, -0.2) is 22.2 Å². The summed E-state index contributed by atoms with van der Waals surface area (Å²) < 4.78 is 11.1. The summed E-state index contributed by atoms with van der Waals surface area (Å²) in [6.45, 7) is 7.76. The molecule has 0 aromatic carbocycles. The quantitative estimate of drug-likeness (QED) is 0.496. The Kier molecular flexibility index (Phi) is 4.19. The first kappa shape index (κ1) is 15.3. The summed E-state index contributed by atoms with van der Waals surface area (Å²) in [7, 11) is 7.25. The van der Waals surface area contributed by atoms with E-state index in [-0.39, 0.29) is 5.76 Å². The van der Waals surface area contributed by atoms with Gasteiger partial charge in [0.05, 0.1) is 0 Å². The van der Waals surface area contributed by atoms with Gasteiger partial charge in [-0.3, -0.25) is 4.68 Å². The molecule has 0 N–H and O–H groups in total. The van der Waals surface area contributed by atoms with Crippen molar-refractivity contribution in [2.75, 3.05) is 0 Å². The van der Waals surface area contributed by atoms with E-state index in [1.165, 1.54) is 11.5 Å². The highest BCUT2D eigenvalue weighted by molar-refractivity contribution is 7.06. The number of aryl methyl sites for hydroxylation is 2. The fourth-order valence-electron chi connectivity index (χ4n) is 2.03. The van der Waals surface area contributed by atoms with Crippen molar-refractivity contribution in [3.05, 3.63) is 33.1 Å². The SMILES string of the molecule is [B]OC(=C(C#N)c1nn(C)c(C)c1C)c1nsc(C)c1C. The van der Waals surface area contributed by atoms with Crippen molar-refractivity contribution in [1.29, 1.82) is 5.26 Å². The molecule has 0 saturated carbocycles. The van der Waals surface area contributed by atoms with Gasteiger partial charge in [-0.25, -0.2) is 0 Å². The highest BCUT2D eigenvalue weighted by atomic mass is 32.1. The average molecular weight is 298 g/mol. The van der Waals surface area contributed by atoms with E-state index >= 15 is 0 Å². The molecule has 7 heteroatoms. The third-order valence-electron chi connectivity index (χ3n) is 3.70. The lowest BCUT2D eigenvalue weighted by Crippen LogP contribution is -1.99. The predicted molar refractivity (Wildman–Crippen MR) is 83.5 cm³/mol. The van der Waals surface area contributed by atoms with Crippen LogP contribution < -0.4 is 0 Å². The Labute approximate surface area is 129 Å². The van der Waals surface area contributed by atoms with Gasteiger partial charge in [-0.2, -0.15) is 14.7 Å². The Morgan fingerprint density at radius 3 is 2.29 bits per heavy atom. The normalized spacial score (nSPS) is 12.0. The summed E-state index contributed by atoms with van der Waals surface area (Å²) in [5.41, 5.74) is 4.33. The molecule has 2 aromatic rings. The number of hydrogen-bond donors (Lipinski definition) is 0. The summed E-state index contributed by atoms with van der Waals surface area (Å²) >= 11 is 1.36. The van der Waals surface area contributed by atoms with Crippen molar-refractivity contribution >= 4 is 30.9 Å². The van der Waals surface area contributed by atoms with Gasteiger partial charge in [-0.1, -0.05) is 0 Å². The summed E-state index contributed by atoms with van der Waals surface area (Å²) in [5, 5.41) is 13.9. The molecule has 21 heavy (non-hydrogen) atoms. The van der Waals surface area contributed by atoms with Crippen molar-refractivity contribution in [3.63, 3.8) is 0 Å². The zero-order chi connectivity index (χ0) is 15.7. The molecule has 0 bridgehead atoms. The van der Waals surface area contributed by atoms with Crippen LogP contribution in [0.25, 0.3) is 11.3 Å². The fraction of sp³-hybridized carbons (Fsp3) is 0.357. The topological polar surface area (TPSA) is 63.7 Å². The molecular weight excluding hydrogens is 283 g/mol. The summed E-state index contributed by atoms with van der Waals surface area (Å²) in [4.78, 5) is 1.06. The van der Waals surface area contributed by atoms with Gasteiger partial charge in [-0.15, -0.1) is 0 Å². The highest BCUT2D eigenvalue weighted by Gasteiger charge is 2.22. The molecule has 0 aliphatic carbocycles. The third kappa shape index (κ3) is 2.47. The second-order valence-corrected chi connectivity index (χ2v) is 5.81. The lowest BCUT2D eigenvalue weighted by atomic mass is 10.0. The summed E-state index contributed by atoms with van der Waals surface area (Å²) in [6, 6.07) is 2.15. The molecule has 2 radical (unpaired) electrons. The second-order valence-electron chi connectivity index (χ2n) is 4.83. The zero-order valence-corrected chi connectivity index (χ0v) is 13.5. The Bertz CT molecular complexity index is 767. The Morgan fingerprint density at radius 1 is 1.24 bits per heavy atom. The van der Waals surface area contributed by atoms with Crippen LogP contribution in [0.1, 0.15) is 33.1 Å².